The molecule has 0 unspecified atom stereocenters. The molecule has 8 heteroatoms. The molecule has 3 aromatic rings. The number of phenolic OH excluding ortho intramolecular Hbond substituents is 1. The number of fused-ring (bicyclic) bond motifs is 1. The number of furan rings is 1. The van der Waals surface area contributed by atoms with Crippen molar-refractivity contribution in [2.75, 3.05) is 11.1 Å². The lowest BCUT2D eigenvalue weighted by Gasteiger charge is -2.36. The van der Waals surface area contributed by atoms with Gasteiger partial charge in [-0.3, -0.25) is 4.79 Å². The summed E-state index contributed by atoms with van der Waals surface area (Å²) in [5, 5.41) is 19.0. The van der Waals surface area contributed by atoms with Crippen LogP contribution in [-0.2, 0) is 15.6 Å². The molecule has 35 heavy (non-hydrogen) atoms. The Morgan fingerprint density at radius 2 is 1.77 bits per heavy atom. The second-order valence-electron chi connectivity index (χ2n) is 11.7. The third-order valence-electron chi connectivity index (χ3n) is 6.95. The van der Waals surface area contributed by atoms with Gasteiger partial charge in [0.25, 0.3) is 0 Å². The van der Waals surface area contributed by atoms with Crippen LogP contribution in [-0.4, -0.2) is 25.7 Å². The number of anilines is 2. The van der Waals surface area contributed by atoms with E-state index in [1.807, 2.05) is 24.3 Å². The molecule has 2 atom stereocenters. The maximum Gasteiger partial charge on any atom is 0.241 e. The van der Waals surface area contributed by atoms with Crippen LogP contribution in [0, 0.1) is 0 Å². The molecule has 1 aliphatic heterocycles. The summed E-state index contributed by atoms with van der Waals surface area (Å²) >= 11 is 0. The molecular weight excluding hydrogens is 442 g/mol. The zero-order valence-corrected chi connectivity index (χ0v) is 21.1. The number of nitrogens with one attached hydrogen (secondary N) is 1. The average Bonchev–Trinajstić information content (AvgIpc) is 3.39. The maximum absolute atomic E-state index is 13.7. The van der Waals surface area contributed by atoms with Crippen LogP contribution in [0.2, 0.25) is 0 Å². The predicted octanol–water partition coefficient (Wildman–Crippen LogP) is 5.17. The van der Waals surface area contributed by atoms with Gasteiger partial charge in [0.2, 0.25) is 11.9 Å². The van der Waals surface area contributed by atoms with Crippen LogP contribution in [0.25, 0.3) is 0 Å². The first kappa shape index (κ1) is 23.2. The van der Waals surface area contributed by atoms with E-state index in [2.05, 4.69) is 56.9 Å². The second kappa shape index (κ2) is 7.73. The molecule has 2 aromatic heterocycles. The number of nitrogen functional groups attached to an aromatic ring is 1. The van der Waals surface area contributed by atoms with Gasteiger partial charge in [0.1, 0.15) is 17.6 Å². The topological polar surface area (TPSA) is 119 Å². The number of aromatic hydroxyl groups is 1. The molecule has 184 valence electrons. The highest BCUT2D eigenvalue weighted by Gasteiger charge is 2.41. The van der Waals surface area contributed by atoms with Crippen LogP contribution in [0.3, 0.4) is 0 Å². The Balaban J connectivity index is 1.73. The third-order valence-corrected chi connectivity index (χ3v) is 6.95. The van der Waals surface area contributed by atoms with Crippen molar-refractivity contribution in [2.24, 2.45) is 0 Å². The summed E-state index contributed by atoms with van der Waals surface area (Å²) < 4.78 is 7.32. The number of nitrogens with two attached hydrogens (primary N) is 1. The predicted molar refractivity (Wildman–Crippen MR) is 134 cm³/mol. The number of hydrogen-bond donors (Lipinski definition) is 3. The Morgan fingerprint density at radius 1 is 1.11 bits per heavy atom. The van der Waals surface area contributed by atoms with Crippen molar-refractivity contribution in [3.8, 4) is 5.75 Å². The van der Waals surface area contributed by atoms with Gasteiger partial charge in [-0.25, -0.2) is 4.68 Å². The quantitative estimate of drug-likeness (QED) is 0.468. The van der Waals surface area contributed by atoms with E-state index >= 15 is 0 Å². The van der Waals surface area contributed by atoms with E-state index in [9.17, 15) is 9.90 Å². The fraction of sp³-hybridized carbons (Fsp3) is 0.444. The van der Waals surface area contributed by atoms with Crippen LogP contribution in [0.15, 0.2) is 46.2 Å². The fourth-order valence-corrected chi connectivity index (χ4v) is 5.22. The van der Waals surface area contributed by atoms with Crippen molar-refractivity contribution in [3.05, 3.63) is 64.2 Å². The molecule has 0 bridgehead atoms. The van der Waals surface area contributed by atoms with Crippen molar-refractivity contribution in [2.45, 2.75) is 77.2 Å². The minimum absolute atomic E-state index is 0.0348. The molecule has 0 amide bonds. The van der Waals surface area contributed by atoms with Gasteiger partial charge in [-0.15, -0.1) is 5.10 Å². The van der Waals surface area contributed by atoms with Crippen molar-refractivity contribution >= 4 is 17.7 Å². The van der Waals surface area contributed by atoms with Gasteiger partial charge in [-0.2, -0.15) is 4.98 Å². The molecule has 2 aliphatic rings. The van der Waals surface area contributed by atoms with E-state index in [0.717, 1.165) is 28.1 Å². The van der Waals surface area contributed by atoms with Gasteiger partial charge >= 0.3 is 0 Å². The average molecular weight is 476 g/mol. The van der Waals surface area contributed by atoms with E-state index in [-0.39, 0.29) is 28.5 Å². The number of nitrogens with zero attached hydrogens (tertiary/aromatic N) is 3. The molecule has 5 rings (SSSR count). The summed E-state index contributed by atoms with van der Waals surface area (Å²) in [5.41, 5.74) is 9.39. The van der Waals surface area contributed by atoms with Gasteiger partial charge < -0.3 is 20.6 Å². The lowest BCUT2D eigenvalue weighted by atomic mass is 9.75. The van der Waals surface area contributed by atoms with Gasteiger partial charge in [0.05, 0.1) is 6.26 Å². The van der Waals surface area contributed by atoms with Gasteiger partial charge in [-0.05, 0) is 58.2 Å². The molecule has 0 fully saturated rings. The first-order valence-electron chi connectivity index (χ1n) is 12.0. The molecule has 3 heterocycles. The number of carbonyl (C=O) groups is 1. The third kappa shape index (κ3) is 3.90. The van der Waals surface area contributed by atoms with E-state index in [0.29, 0.717) is 30.1 Å². The normalized spacial score (nSPS) is 20.5. The Bertz CT molecular complexity index is 1300. The smallest absolute Gasteiger partial charge is 0.241 e. The number of Topliss-reactive ketones (excluding diaryl/α,β-unsaturated/α-hetero) is 1. The number of rotatable bonds is 2. The van der Waals surface area contributed by atoms with Gasteiger partial charge in [-0.1, -0.05) is 41.5 Å². The summed E-state index contributed by atoms with van der Waals surface area (Å²) in [4.78, 5) is 18.1. The number of ketones is 1. The van der Waals surface area contributed by atoms with Crippen LogP contribution < -0.4 is 11.1 Å². The summed E-state index contributed by atoms with van der Waals surface area (Å²) in [5.74, 6) is 1.71. The Morgan fingerprint density at radius 3 is 2.34 bits per heavy atom. The van der Waals surface area contributed by atoms with Gasteiger partial charge in [0.15, 0.2) is 5.78 Å². The summed E-state index contributed by atoms with van der Waals surface area (Å²) in [6, 6.07) is 7.25. The summed E-state index contributed by atoms with van der Waals surface area (Å²) in [6.07, 6.45) is 2.60. The first-order valence-corrected chi connectivity index (χ1v) is 12.0. The SMILES string of the molecule is CC(C)(C)c1cc([C@@H]2C3=C(C[C@H](c4ccco4)CC3=O)Nc3nc(N)nn32)cc(C(C)(C)C)c1O. The number of benzene rings is 1. The standard InChI is InChI=1S/C27H33N5O3/c1-26(2,3)16-10-15(11-17(23(16)34)27(4,5)6)22-21-18(29-25-30-24(28)31-32(22)25)12-14(13-19(21)33)20-8-7-9-35-20/h7-11,14,22,34H,12-13H2,1-6H3,(H3,28,29,30,31)/t14-,22+/m0/s1. The highest BCUT2D eigenvalue weighted by molar-refractivity contribution is 6.00. The maximum atomic E-state index is 13.7. The molecular formula is C27H33N5O3. The van der Waals surface area contributed by atoms with E-state index in [1.54, 1.807) is 10.9 Å². The molecule has 0 radical (unpaired) electrons. The largest absolute Gasteiger partial charge is 0.507 e. The minimum Gasteiger partial charge on any atom is -0.507 e. The van der Waals surface area contributed by atoms with Crippen molar-refractivity contribution in [3.63, 3.8) is 0 Å². The molecule has 0 spiro atoms. The van der Waals surface area contributed by atoms with E-state index < -0.39 is 6.04 Å². The van der Waals surface area contributed by atoms with Crippen LogP contribution >= 0.6 is 0 Å². The minimum atomic E-state index is -0.501. The number of allylic oxidation sites excluding steroid dienone is 2. The van der Waals surface area contributed by atoms with E-state index in [4.69, 9.17) is 10.2 Å². The van der Waals surface area contributed by atoms with Crippen LogP contribution in [0.5, 0.6) is 5.75 Å². The van der Waals surface area contributed by atoms with Gasteiger partial charge in [0, 0.05) is 23.6 Å². The highest BCUT2D eigenvalue weighted by Crippen LogP contribution is 2.47. The first-order chi connectivity index (χ1) is 16.3. The molecule has 0 saturated carbocycles. The monoisotopic (exact) mass is 475 g/mol. The van der Waals surface area contributed by atoms with Crippen molar-refractivity contribution in [1.82, 2.24) is 14.8 Å². The zero-order valence-electron chi connectivity index (χ0n) is 21.1. The zero-order chi connectivity index (χ0) is 25.3. The molecule has 1 aliphatic carbocycles. The number of aromatic nitrogens is 3. The Labute approximate surface area is 205 Å². The lowest BCUT2D eigenvalue weighted by Crippen LogP contribution is -2.34. The van der Waals surface area contributed by atoms with Crippen molar-refractivity contribution < 1.29 is 14.3 Å². The highest BCUT2D eigenvalue weighted by atomic mass is 16.3. The Hall–Kier alpha value is -3.55. The Kier molecular flexibility index (Phi) is 5.12. The number of hydrogen-bond acceptors (Lipinski definition) is 7. The molecule has 4 N–H and O–H groups in total. The molecule has 8 nitrogen and oxygen atoms in total. The van der Waals surface area contributed by atoms with Crippen molar-refractivity contribution in [1.29, 1.82) is 0 Å². The summed E-state index contributed by atoms with van der Waals surface area (Å²) in [7, 11) is 0. The van der Waals surface area contributed by atoms with Crippen LogP contribution in [0.1, 0.15) is 88.8 Å². The fourth-order valence-electron chi connectivity index (χ4n) is 5.22. The molecule has 0 saturated heterocycles. The molecule has 1 aromatic carbocycles. The van der Waals surface area contributed by atoms with E-state index in [1.165, 1.54) is 0 Å². The number of carbonyl (C=O) groups excluding carboxylic acids is 1. The summed E-state index contributed by atoms with van der Waals surface area (Å²) in [6.45, 7) is 12.4. The van der Waals surface area contributed by atoms with Crippen LogP contribution in [0.4, 0.5) is 11.9 Å². The second-order valence-corrected chi connectivity index (χ2v) is 11.7. The number of phenols is 1. The lowest BCUT2D eigenvalue weighted by molar-refractivity contribution is -0.117.